The van der Waals surface area contributed by atoms with E-state index in [4.69, 9.17) is 11.0 Å². The summed E-state index contributed by atoms with van der Waals surface area (Å²) in [5.41, 5.74) is 6.09. The van der Waals surface area contributed by atoms with Crippen molar-refractivity contribution in [2.24, 2.45) is 0 Å². The fourth-order valence-electron chi connectivity index (χ4n) is 1.70. The minimum absolute atomic E-state index is 0.00570. The summed E-state index contributed by atoms with van der Waals surface area (Å²) in [5, 5.41) is 8.73. The molecular formula is C14H10FN3O2. The van der Waals surface area contributed by atoms with Gasteiger partial charge < -0.3 is 10.5 Å². The lowest BCUT2D eigenvalue weighted by molar-refractivity contribution is 0.0595. The van der Waals surface area contributed by atoms with Gasteiger partial charge in [0, 0.05) is 5.56 Å². The maximum Gasteiger partial charge on any atom is 0.341 e. The summed E-state index contributed by atoms with van der Waals surface area (Å²) in [6, 6.07) is 9.19. The Hall–Kier alpha value is -2.94. The Morgan fingerprint density at radius 3 is 2.60 bits per heavy atom. The van der Waals surface area contributed by atoms with Gasteiger partial charge >= 0.3 is 5.97 Å². The van der Waals surface area contributed by atoms with Gasteiger partial charge in [0.2, 0.25) is 0 Å². The number of ether oxygens (including phenoxy) is 1. The van der Waals surface area contributed by atoms with Crippen LogP contribution in [0.2, 0.25) is 0 Å². The number of nitriles is 1. The van der Waals surface area contributed by atoms with Gasteiger partial charge in [-0.1, -0.05) is 12.1 Å². The summed E-state index contributed by atoms with van der Waals surface area (Å²) in [5.74, 6) is -1.63. The fraction of sp³-hybridized carbons (Fsp3) is 0.0714. The molecule has 0 atom stereocenters. The third-order valence-electron chi connectivity index (χ3n) is 2.67. The molecule has 2 rings (SSSR count). The molecule has 6 heteroatoms. The van der Waals surface area contributed by atoms with Crippen LogP contribution in [0.4, 0.5) is 10.2 Å². The number of rotatable bonds is 2. The van der Waals surface area contributed by atoms with Crippen molar-refractivity contribution in [3.8, 4) is 17.3 Å². The molecule has 100 valence electrons. The standard InChI is InChI=1S/C14H10FN3O2/c1-20-14(19)10-6-11(17)18-13(12(10)15)9-4-2-8(7-16)3-5-9/h2-6H,1H3,(H2,17,18). The van der Waals surface area contributed by atoms with E-state index in [0.29, 0.717) is 11.1 Å². The van der Waals surface area contributed by atoms with E-state index < -0.39 is 11.8 Å². The number of pyridine rings is 1. The number of halogens is 1. The van der Waals surface area contributed by atoms with Gasteiger partial charge in [0.1, 0.15) is 17.1 Å². The van der Waals surface area contributed by atoms with Gasteiger partial charge in [0.15, 0.2) is 5.82 Å². The van der Waals surface area contributed by atoms with E-state index >= 15 is 0 Å². The number of hydrogen-bond donors (Lipinski definition) is 1. The van der Waals surface area contributed by atoms with Crippen LogP contribution in [0.3, 0.4) is 0 Å². The van der Waals surface area contributed by atoms with Crippen LogP contribution in [0.25, 0.3) is 11.3 Å². The second-order valence-corrected chi connectivity index (χ2v) is 3.94. The third kappa shape index (κ3) is 2.42. The molecular weight excluding hydrogens is 261 g/mol. The molecule has 5 nitrogen and oxygen atoms in total. The number of anilines is 1. The zero-order valence-corrected chi connectivity index (χ0v) is 10.6. The van der Waals surface area contributed by atoms with Crippen LogP contribution in [0.1, 0.15) is 15.9 Å². The van der Waals surface area contributed by atoms with Gasteiger partial charge in [0.25, 0.3) is 0 Å². The molecule has 0 bridgehead atoms. The van der Waals surface area contributed by atoms with E-state index in [0.717, 1.165) is 13.2 Å². The molecule has 20 heavy (non-hydrogen) atoms. The number of esters is 1. The lowest BCUT2D eigenvalue weighted by Gasteiger charge is -2.08. The van der Waals surface area contributed by atoms with Crippen LogP contribution in [-0.4, -0.2) is 18.1 Å². The van der Waals surface area contributed by atoms with Crippen molar-refractivity contribution in [2.45, 2.75) is 0 Å². The number of nitrogens with two attached hydrogens (primary N) is 1. The highest BCUT2D eigenvalue weighted by Crippen LogP contribution is 2.25. The first-order chi connectivity index (χ1) is 9.56. The lowest BCUT2D eigenvalue weighted by Crippen LogP contribution is -2.08. The van der Waals surface area contributed by atoms with Crippen molar-refractivity contribution < 1.29 is 13.9 Å². The number of hydrogen-bond acceptors (Lipinski definition) is 5. The number of nitrogens with zero attached hydrogens (tertiary/aromatic N) is 2. The van der Waals surface area contributed by atoms with Crippen molar-refractivity contribution >= 4 is 11.8 Å². The number of benzene rings is 1. The molecule has 0 aliphatic heterocycles. The minimum atomic E-state index is -0.827. The monoisotopic (exact) mass is 271 g/mol. The van der Waals surface area contributed by atoms with Crippen LogP contribution in [0.5, 0.6) is 0 Å². The average Bonchev–Trinajstić information content (AvgIpc) is 2.48. The summed E-state index contributed by atoms with van der Waals surface area (Å²) < 4.78 is 18.8. The largest absolute Gasteiger partial charge is 0.465 e. The number of methoxy groups -OCH3 is 1. The molecule has 0 saturated heterocycles. The van der Waals surface area contributed by atoms with E-state index in [9.17, 15) is 9.18 Å². The van der Waals surface area contributed by atoms with Crippen molar-refractivity contribution in [2.75, 3.05) is 12.8 Å². The summed E-state index contributed by atoms with van der Waals surface area (Å²) >= 11 is 0. The quantitative estimate of drug-likeness (QED) is 0.845. The molecule has 2 N–H and O–H groups in total. The highest BCUT2D eigenvalue weighted by molar-refractivity contribution is 5.92. The number of nitrogen functional groups attached to an aromatic ring is 1. The van der Waals surface area contributed by atoms with Gasteiger partial charge in [-0.25, -0.2) is 14.2 Å². The molecule has 0 radical (unpaired) electrons. The van der Waals surface area contributed by atoms with Crippen LogP contribution in [-0.2, 0) is 4.74 Å². The molecule has 0 aliphatic rings. The Morgan fingerprint density at radius 1 is 1.40 bits per heavy atom. The lowest BCUT2D eigenvalue weighted by atomic mass is 10.1. The third-order valence-corrected chi connectivity index (χ3v) is 2.67. The Balaban J connectivity index is 2.59. The average molecular weight is 271 g/mol. The van der Waals surface area contributed by atoms with E-state index in [1.54, 1.807) is 0 Å². The topological polar surface area (TPSA) is 89.0 Å². The summed E-state index contributed by atoms with van der Waals surface area (Å²) in [4.78, 5) is 15.4. The second kappa shape index (κ2) is 5.36. The predicted octanol–water partition coefficient (Wildman–Crippen LogP) is 2.13. The van der Waals surface area contributed by atoms with Crippen molar-refractivity contribution in [1.29, 1.82) is 5.26 Å². The first-order valence-corrected chi connectivity index (χ1v) is 5.61. The number of aromatic nitrogens is 1. The van der Waals surface area contributed by atoms with Gasteiger partial charge in [-0.05, 0) is 18.2 Å². The van der Waals surface area contributed by atoms with Gasteiger partial charge in [-0.2, -0.15) is 5.26 Å². The Bertz CT molecular complexity index is 706. The SMILES string of the molecule is COC(=O)c1cc(N)nc(-c2ccc(C#N)cc2)c1F. The highest BCUT2D eigenvalue weighted by atomic mass is 19.1. The molecule has 0 saturated carbocycles. The maximum atomic E-state index is 14.3. The van der Waals surface area contributed by atoms with Crippen LogP contribution < -0.4 is 5.73 Å². The molecule has 0 fully saturated rings. The van der Waals surface area contributed by atoms with Crippen molar-refractivity contribution in [3.63, 3.8) is 0 Å². The van der Waals surface area contributed by atoms with E-state index in [-0.39, 0.29) is 17.1 Å². The number of carbonyl (C=O) groups excluding carboxylic acids is 1. The molecule has 1 heterocycles. The van der Waals surface area contributed by atoms with Crippen molar-refractivity contribution in [3.05, 3.63) is 47.3 Å². The molecule has 1 aromatic carbocycles. The summed E-state index contributed by atoms with van der Waals surface area (Å²) in [6.07, 6.45) is 0. The molecule has 0 aliphatic carbocycles. The first-order valence-electron chi connectivity index (χ1n) is 5.61. The molecule has 2 aromatic rings. The Kier molecular flexibility index (Phi) is 3.62. The first kappa shape index (κ1) is 13.5. The molecule has 1 aromatic heterocycles. The second-order valence-electron chi connectivity index (χ2n) is 3.94. The molecule has 0 amide bonds. The van der Waals surface area contributed by atoms with Crippen LogP contribution in [0, 0.1) is 17.1 Å². The maximum absolute atomic E-state index is 14.3. The minimum Gasteiger partial charge on any atom is -0.465 e. The van der Waals surface area contributed by atoms with E-state index in [1.807, 2.05) is 6.07 Å². The number of carbonyl (C=O) groups is 1. The van der Waals surface area contributed by atoms with Gasteiger partial charge in [0.05, 0.1) is 18.7 Å². The predicted molar refractivity (Wildman–Crippen MR) is 70.1 cm³/mol. The van der Waals surface area contributed by atoms with Gasteiger partial charge in [-0.15, -0.1) is 0 Å². The zero-order chi connectivity index (χ0) is 14.7. The van der Waals surface area contributed by atoms with Crippen molar-refractivity contribution in [1.82, 2.24) is 4.98 Å². The molecule has 0 spiro atoms. The summed E-state index contributed by atoms with van der Waals surface area (Å²) in [7, 11) is 1.15. The van der Waals surface area contributed by atoms with Crippen LogP contribution >= 0.6 is 0 Å². The normalized spacial score (nSPS) is 9.85. The Labute approximate surface area is 114 Å². The zero-order valence-electron chi connectivity index (χ0n) is 10.6. The van der Waals surface area contributed by atoms with E-state index in [2.05, 4.69) is 9.72 Å². The van der Waals surface area contributed by atoms with Crippen LogP contribution in [0.15, 0.2) is 30.3 Å². The molecule has 0 unspecified atom stereocenters. The fourth-order valence-corrected chi connectivity index (χ4v) is 1.70. The summed E-state index contributed by atoms with van der Waals surface area (Å²) in [6.45, 7) is 0. The van der Waals surface area contributed by atoms with E-state index in [1.165, 1.54) is 24.3 Å². The highest BCUT2D eigenvalue weighted by Gasteiger charge is 2.19. The van der Waals surface area contributed by atoms with Gasteiger partial charge in [-0.3, -0.25) is 0 Å². The Morgan fingerprint density at radius 2 is 2.05 bits per heavy atom. The smallest absolute Gasteiger partial charge is 0.341 e.